The molecule has 0 unspecified atom stereocenters. The van der Waals surface area contributed by atoms with E-state index in [2.05, 4.69) is 61.4 Å². The third-order valence-corrected chi connectivity index (χ3v) is 17.7. The molecule has 4 heteroatoms. The van der Waals surface area contributed by atoms with Crippen molar-refractivity contribution < 1.29 is 0 Å². The molecule has 0 heterocycles. The molecule has 0 fully saturated rings. The Labute approximate surface area is 103 Å². The van der Waals surface area contributed by atoms with Gasteiger partial charge >= 0.3 is 104 Å². The van der Waals surface area contributed by atoms with Crippen LogP contribution < -0.4 is 2.89 Å². The molecule has 0 saturated carbocycles. The van der Waals surface area contributed by atoms with E-state index in [-0.39, 0.29) is 0 Å². The van der Waals surface area contributed by atoms with Gasteiger partial charge in [-0.25, -0.2) is 0 Å². The second-order valence-electron chi connectivity index (χ2n) is 5.11. The number of benzene rings is 1. The van der Waals surface area contributed by atoms with Crippen molar-refractivity contribution in [2.24, 2.45) is 0 Å². The third-order valence-electron chi connectivity index (χ3n) is 2.12. The molecule has 0 N–H and O–H groups in total. The number of hydrogen-bond acceptors (Lipinski definition) is 1. The van der Waals surface area contributed by atoms with Gasteiger partial charge in [-0.15, -0.1) is 0 Å². The van der Waals surface area contributed by atoms with E-state index >= 15 is 0 Å². The molecule has 0 saturated heterocycles. The number of hydrogen-bond donors (Lipinski definition) is 0. The molecule has 0 aromatic heterocycles. The van der Waals surface area contributed by atoms with E-state index in [9.17, 15) is 0 Å². The van der Waals surface area contributed by atoms with E-state index in [1.807, 2.05) is 0 Å². The average molecular weight is 348 g/mol. The van der Waals surface area contributed by atoms with Crippen LogP contribution in [0, 0.1) is 0 Å². The summed E-state index contributed by atoms with van der Waals surface area (Å²) in [6.07, 6.45) is -1.36. The first-order valence-corrected chi connectivity index (χ1v) is 18.6. The second-order valence-corrected chi connectivity index (χ2v) is 25.5. The van der Waals surface area contributed by atoms with E-state index < -0.39 is 24.8 Å². The van der Waals surface area contributed by atoms with E-state index in [0.717, 1.165) is 0 Å². The maximum atomic E-state index is 5.73. The predicted octanol–water partition coefficient (Wildman–Crippen LogP) is 3.98. The fourth-order valence-electron chi connectivity index (χ4n) is 1.96. The molecular formula is C11H20NPSSn. The molecule has 1 aromatic carbocycles. The number of nitrogens with zero attached hydrogens (tertiary/aromatic N) is 1. The Hall–Kier alpha value is 0.469. The second kappa shape index (κ2) is 4.77. The van der Waals surface area contributed by atoms with Gasteiger partial charge in [-0.2, -0.15) is 0 Å². The molecule has 0 aliphatic heterocycles. The normalized spacial score (nSPS) is 12.6. The van der Waals surface area contributed by atoms with Crippen LogP contribution in [0.3, 0.4) is 0 Å². The van der Waals surface area contributed by atoms with Crippen LogP contribution in [-0.4, -0.2) is 32.0 Å². The first-order valence-electron chi connectivity index (χ1n) is 5.13. The first kappa shape index (κ1) is 13.5. The van der Waals surface area contributed by atoms with E-state index in [1.54, 1.807) is 0 Å². The van der Waals surface area contributed by atoms with Crippen molar-refractivity contribution >= 4 is 42.3 Å². The molecule has 0 spiro atoms. The van der Waals surface area contributed by atoms with E-state index in [4.69, 9.17) is 11.8 Å². The topological polar surface area (TPSA) is 3.24 Å². The van der Waals surface area contributed by atoms with Gasteiger partial charge in [-0.3, -0.25) is 0 Å². The molecule has 84 valence electrons. The van der Waals surface area contributed by atoms with Gasteiger partial charge in [0.05, 0.1) is 0 Å². The van der Waals surface area contributed by atoms with Crippen molar-refractivity contribution in [3.05, 3.63) is 30.3 Å². The third kappa shape index (κ3) is 3.76. The Kier molecular flexibility index (Phi) is 4.30. The Morgan fingerprint density at radius 2 is 1.53 bits per heavy atom. The first-order chi connectivity index (χ1) is 6.73. The maximum absolute atomic E-state index is 5.73. The molecule has 0 bridgehead atoms. The number of para-hydroxylation sites is 1. The van der Waals surface area contributed by atoms with E-state index in [0.29, 0.717) is 0 Å². The molecule has 0 aliphatic carbocycles. The van der Waals surface area contributed by atoms with Crippen LogP contribution in [0.1, 0.15) is 0 Å². The summed E-state index contributed by atoms with van der Waals surface area (Å²) in [5, 5.41) is 0. The van der Waals surface area contributed by atoms with Gasteiger partial charge in [-0.05, 0) is 0 Å². The summed E-state index contributed by atoms with van der Waals surface area (Å²) in [5.41, 5.74) is 1.33. The summed E-state index contributed by atoms with van der Waals surface area (Å²) < 4.78 is 2.59. The predicted molar refractivity (Wildman–Crippen MR) is 78.4 cm³/mol. The van der Waals surface area contributed by atoms with Crippen molar-refractivity contribution in [1.29, 1.82) is 0 Å². The van der Waals surface area contributed by atoms with Crippen molar-refractivity contribution in [2.45, 2.75) is 14.8 Å². The fourth-order valence-corrected chi connectivity index (χ4v) is 24.3. The molecule has 1 rings (SSSR count). The Balaban J connectivity index is 3.21. The minimum absolute atomic E-state index is 1.33. The molecule has 0 amide bonds. The zero-order valence-electron chi connectivity index (χ0n) is 10.2. The van der Waals surface area contributed by atoms with Gasteiger partial charge in [0.2, 0.25) is 0 Å². The molecular weight excluding hydrogens is 328 g/mol. The van der Waals surface area contributed by atoms with Crippen LogP contribution in [0.5, 0.6) is 0 Å². The van der Waals surface area contributed by atoms with Gasteiger partial charge in [-0.1, -0.05) is 0 Å². The summed E-state index contributed by atoms with van der Waals surface area (Å²) >= 11 is 3.59. The van der Waals surface area contributed by atoms with Crippen LogP contribution >= 0.6 is 6.19 Å². The Morgan fingerprint density at radius 3 is 1.87 bits per heavy atom. The quantitative estimate of drug-likeness (QED) is 0.601. The summed E-state index contributed by atoms with van der Waals surface area (Å²) in [4.78, 5) is 7.28. The SMILES string of the molecule is CP(C)(=S)[N](c1ccccc1)[Sn]([CH3])([CH3])[CH3]. The Morgan fingerprint density at radius 1 is 1.07 bits per heavy atom. The summed E-state index contributed by atoms with van der Waals surface area (Å²) in [6, 6.07) is 10.6. The zero-order chi connectivity index (χ0) is 11.7. The van der Waals surface area contributed by atoms with Crippen molar-refractivity contribution in [3.63, 3.8) is 0 Å². The monoisotopic (exact) mass is 349 g/mol. The van der Waals surface area contributed by atoms with Crippen molar-refractivity contribution in [3.8, 4) is 0 Å². The molecule has 0 aliphatic rings. The van der Waals surface area contributed by atoms with Crippen LogP contribution in [0.4, 0.5) is 5.69 Å². The zero-order valence-corrected chi connectivity index (χ0v) is 14.8. The minimum atomic E-state index is -2.14. The fraction of sp³-hybridized carbons (Fsp3) is 0.455. The number of rotatable bonds is 3. The molecule has 1 nitrogen and oxygen atoms in total. The van der Waals surface area contributed by atoms with Crippen molar-refractivity contribution in [2.75, 3.05) is 16.2 Å². The molecule has 0 atom stereocenters. The van der Waals surface area contributed by atoms with Crippen LogP contribution in [0.25, 0.3) is 0 Å². The molecule has 15 heavy (non-hydrogen) atoms. The Bertz CT molecular complexity index is 366. The summed E-state index contributed by atoms with van der Waals surface area (Å²) in [5.74, 6) is 0. The average Bonchev–Trinajstić information content (AvgIpc) is 2.00. The van der Waals surface area contributed by atoms with Gasteiger partial charge in [0.15, 0.2) is 0 Å². The molecule has 1 aromatic rings. The van der Waals surface area contributed by atoms with Gasteiger partial charge in [0.25, 0.3) is 0 Å². The van der Waals surface area contributed by atoms with Gasteiger partial charge in [0, 0.05) is 0 Å². The van der Waals surface area contributed by atoms with E-state index in [1.165, 1.54) is 5.69 Å². The summed E-state index contributed by atoms with van der Waals surface area (Å²) in [7, 11) is 0. The van der Waals surface area contributed by atoms with Gasteiger partial charge in [0.1, 0.15) is 0 Å². The van der Waals surface area contributed by atoms with Crippen LogP contribution in [0.2, 0.25) is 14.8 Å². The van der Waals surface area contributed by atoms with Crippen molar-refractivity contribution in [1.82, 2.24) is 0 Å². The standard InChI is InChI=1S/C8H11NPS.3CH3.Sn/c1-10(2,11)9-8-6-4-3-5-7-8;;;;/h3-7H,1-2H3;3*1H3;/q-1;;;;+1. The van der Waals surface area contributed by atoms with Crippen LogP contribution in [0.15, 0.2) is 30.3 Å². The van der Waals surface area contributed by atoms with Crippen LogP contribution in [-0.2, 0) is 11.8 Å². The molecule has 0 radical (unpaired) electrons. The van der Waals surface area contributed by atoms with Gasteiger partial charge < -0.3 is 0 Å². The summed E-state index contributed by atoms with van der Waals surface area (Å²) in [6.45, 7) is 4.47. The number of anilines is 1.